The third-order valence-corrected chi connectivity index (χ3v) is 5.31. The van der Waals surface area contributed by atoms with Gasteiger partial charge in [-0.2, -0.15) is 0 Å². The zero-order chi connectivity index (χ0) is 20.8. The Bertz CT molecular complexity index is 999. The van der Waals surface area contributed by atoms with Crippen molar-refractivity contribution in [3.05, 3.63) is 70.6 Å². The highest BCUT2D eigenvalue weighted by Gasteiger charge is 2.16. The molecule has 0 aliphatic rings. The number of nitrogens with zero attached hydrogens (tertiary/aromatic N) is 1. The van der Waals surface area contributed by atoms with Crippen LogP contribution in [0.3, 0.4) is 0 Å². The predicted octanol–water partition coefficient (Wildman–Crippen LogP) is 5.64. The van der Waals surface area contributed by atoms with Gasteiger partial charge in [0.2, 0.25) is 5.91 Å². The third-order valence-electron chi connectivity index (χ3n) is 4.28. The van der Waals surface area contributed by atoms with E-state index in [1.165, 1.54) is 47.7 Å². The zero-order valence-corrected chi connectivity index (χ0v) is 16.7. The molecule has 1 heterocycles. The third kappa shape index (κ3) is 5.54. The molecule has 1 aromatic heterocycles. The Hall–Kier alpha value is -2.93. The van der Waals surface area contributed by atoms with Crippen LogP contribution in [0.1, 0.15) is 41.4 Å². The number of aryl methyl sites for hydroxylation is 1. The first-order valence-corrected chi connectivity index (χ1v) is 10.1. The molecule has 3 aromatic rings. The summed E-state index contributed by atoms with van der Waals surface area (Å²) in [6, 6.07) is 11.3. The molecule has 0 spiro atoms. The summed E-state index contributed by atoms with van der Waals surface area (Å²) in [5, 5.41) is 3.19. The second-order valence-electron chi connectivity index (χ2n) is 6.53. The molecule has 29 heavy (non-hydrogen) atoms. The van der Waals surface area contributed by atoms with E-state index in [1.807, 2.05) is 6.92 Å². The van der Waals surface area contributed by atoms with E-state index in [2.05, 4.69) is 10.3 Å². The number of Topliss-reactive ketones (excluding diaryl/α,β-unsaturated/α-hetero) is 1. The van der Waals surface area contributed by atoms with Crippen LogP contribution in [0.25, 0.3) is 11.3 Å². The molecule has 0 saturated heterocycles. The lowest BCUT2D eigenvalue weighted by atomic mass is 10.1. The number of rotatable bonds is 8. The molecule has 0 fully saturated rings. The molecule has 0 aliphatic heterocycles. The first-order valence-electron chi connectivity index (χ1n) is 9.30. The van der Waals surface area contributed by atoms with Crippen molar-refractivity contribution in [3.63, 3.8) is 0 Å². The Labute approximate surface area is 171 Å². The van der Waals surface area contributed by atoms with Gasteiger partial charge in [-0.3, -0.25) is 9.59 Å². The van der Waals surface area contributed by atoms with Crippen molar-refractivity contribution in [1.82, 2.24) is 4.98 Å². The lowest BCUT2D eigenvalue weighted by Gasteiger charge is -2.02. The molecule has 1 amide bonds. The van der Waals surface area contributed by atoms with Gasteiger partial charge < -0.3 is 5.32 Å². The van der Waals surface area contributed by atoms with Crippen LogP contribution in [0.2, 0.25) is 0 Å². The van der Waals surface area contributed by atoms with Crippen molar-refractivity contribution < 1.29 is 18.4 Å². The summed E-state index contributed by atoms with van der Waals surface area (Å²) < 4.78 is 26.1. The van der Waals surface area contributed by atoms with Crippen LogP contribution in [0.15, 0.2) is 48.5 Å². The Balaban J connectivity index is 1.65. The van der Waals surface area contributed by atoms with Gasteiger partial charge in [-0.25, -0.2) is 13.8 Å². The van der Waals surface area contributed by atoms with E-state index in [4.69, 9.17) is 0 Å². The summed E-state index contributed by atoms with van der Waals surface area (Å²) >= 11 is 1.38. The molecule has 1 N–H and O–H groups in total. The van der Waals surface area contributed by atoms with Crippen LogP contribution in [0.5, 0.6) is 0 Å². The van der Waals surface area contributed by atoms with Gasteiger partial charge in [0.15, 0.2) is 10.9 Å². The molecule has 7 heteroatoms. The van der Waals surface area contributed by atoms with Gasteiger partial charge in [0.1, 0.15) is 11.6 Å². The number of thiazole rings is 1. The van der Waals surface area contributed by atoms with Crippen molar-refractivity contribution in [2.24, 2.45) is 0 Å². The Kier molecular flexibility index (Phi) is 6.82. The molecule has 150 valence electrons. The highest BCUT2D eigenvalue weighted by molar-refractivity contribution is 7.16. The van der Waals surface area contributed by atoms with Gasteiger partial charge >= 0.3 is 0 Å². The number of carbonyl (C=O) groups excluding carboxylic acids is 2. The van der Waals surface area contributed by atoms with E-state index in [0.29, 0.717) is 10.7 Å². The summed E-state index contributed by atoms with van der Waals surface area (Å²) in [4.78, 5) is 29.9. The van der Waals surface area contributed by atoms with Crippen molar-refractivity contribution in [1.29, 1.82) is 0 Å². The lowest BCUT2D eigenvalue weighted by molar-refractivity contribution is -0.116. The van der Waals surface area contributed by atoms with Gasteiger partial charge in [-0.1, -0.05) is 13.3 Å². The number of amides is 1. The topological polar surface area (TPSA) is 59.1 Å². The molecule has 0 atom stereocenters. The molecule has 0 aliphatic carbocycles. The largest absolute Gasteiger partial charge is 0.302 e. The van der Waals surface area contributed by atoms with Crippen LogP contribution in [-0.2, 0) is 11.2 Å². The van der Waals surface area contributed by atoms with Crippen molar-refractivity contribution in [3.8, 4) is 11.3 Å². The summed E-state index contributed by atoms with van der Waals surface area (Å²) in [5.41, 5.74) is 1.89. The highest BCUT2D eigenvalue weighted by atomic mass is 32.1. The number of halogens is 2. The van der Waals surface area contributed by atoms with Gasteiger partial charge in [-0.15, -0.1) is 11.3 Å². The smallest absolute Gasteiger partial charge is 0.226 e. The zero-order valence-electron chi connectivity index (χ0n) is 15.9. The second-order valence-corrected chi connectivity index (χ2v) is 7.61. The van der Waals surface area contributed by atoms with Gasteiger partial charge in [-0.05, 0) is 55.0 Å². The van der Waals surface area contributed by atoms with Crippen molar-refractivity contribution >= 4 is 28.2 Å². The molecular formula is C22H20F2N2O2S. The maximum Gasteiger partial charge on any atom is 0.226 e. The van der Waals surface area contributed by atoms with Crippen molar-refractivity contribution in [2.75, 3.05) is 5.32 Å². The van der Waals surface area contributed by atoms with E-state index < -0.39 is 5.82 Å². The highest BCUT2D eigenvalue weighted by Crippen LogP contribution is 2.32. The van der Waals surface area contributed by atoms with Gasteiger partial charge in [0.05, 0.1) is 5.69 Å². The Morgan fingerprint density at radius 3 is 2.21 bits per heavy atom. The monoisotopic (exact) mass is 414 g/mol. The van der Waals surface area contributed by atoms with Crippen LogP contribution in [0, 0.1) is 11.6 Å². The van der Waals surface area contributed by atoms with Gasteiger partial charge in [0, 0.05) is 28.8 Å². The van der Waals surface area contributed by atoms with Crippen LogP contribution in [0.4, 0.5) is 13.9 Å². The average Bonchev–Trinajstić information content (AvgIpc) is 3.09. The fourth-order valence-electron chi connectivity index (χ4n) is 2.82. The van der Waals surface area contributed by atoms with E-state index >= 15 is 0 Å². The minimum Gasteiger partial charge on any atom is -0.302 e. The number of carbonyl (C=O) groups is 2. The van der Waals surface area contributed by atoms with Crippen molar-refractivity contribution in [2.45, 2.75) is 32.6 Å². The number of nitrogens with one attached hydrogen (secondary N) is 1. The number of hydrogen-bond donors (Lipinski definition) is 1. The van der Waals surface area contributed by atoms with Gasteiger partial charge in [0.25, 0.3) is 0 Å². The number of ketones is 1. The standard InChI is InChI=1S/C22H20F2N2O2S/c1-2-3-19-21(15-6-10-17(24)11-7-15)26-22(29-19)25-20(28)13-12-18(27)14-4-8-16(23)9-5-14/h4-11H,2-3,12-13H2,1H3,(H,25,26,28). The first kappa shape index (κ1) is 20.8. The molecule has 0 radical (unpaired) electrons. The van der Waals surface area contributed by atoms with Crippen LogP contribution in [-0.4, -0.2) is 16.7 Å². The first-order chi connectivity index (χ1) is 14.0. The normalized spacial score (nSPS) is 10.7. The molecule has 2 aromatic carbocycles. The van der Waals surface area contributed by atoms with E-state index in [1.54, 1.807) is 12.1 Å². The molecule has 0 saturated carbocycles. The quantitative estimate of drug-likeness (QED) is 0.485. The van der Waals surface area contributed by atoms with E-state index in [-0.39, 0.29) is 30.3 Å². The van der Waals surface area contributed by atoms with Crippen LogP contribution < -0.4 is 5.32 Å². The van der Waals surface area contributed by atoms with Crippen LogP contribution >= 0.6 is 11.3 Å². The number of anilines is 1. The second kappa shape index (κ2) is 9.52. The molecule has 0 bridgehead atoms. The van der Waals surface area contributed by atoms with E-state index in [0.717, 1.165) is 29.0 Å². The maximum absolute atomic E-state index is 13.2. The number of benzene rings is 2. The minimum atomic E-state index is -0.414. The summed E-state index contributed by atoms with van der Waals surface area (Å²) in [5.74, 6) is -1.27. The summed E-state index contributed by atoms with van der Waals surface area (Å²) in [6.07, 6.45) is 1.74. The average molecular weight is 414 g/mol. The molecule has 3 rings (SSSR count). The Morgan fingerprint density at radius 1 is 0.966 bits per heavy atom. The fourth-order valence-corrected chi connectivity index (χ4v) is 3.93. The van der Waals surface area contributed by atoms with E-state index in [9.17, 15) is 18.4 Å². The summed E-state index contributed by atoms with van der Waals surface area (Å²) in [6.45, 7) is 2.05. The number of hydrogen-bond acceptors (Lipinski definition) is 4. The molecule has 0 unspecified atom stereocenters. The Morgan fingerprint density at radius 2 is 1.59 bits per heavy atom. The predicted molar refractivity (Wildman–Crippen MR) is 110 cm³/mol. The molecule has 4 nitrogen and oxygen atoms in total. The lowest BCUT2D eigenvalue weighted by Crippen LogP contribution is -2.13. The summed E-state index contributed by atoms with van der Waals surface area (Å²) in [7, 11) is 0. The minimum absolute atomic E-state index is 0.00474. The fraction of sp³-hybridized carbons (Fsp3) is 0.227. The molecular weight excluding hydrogens is 394 g/mol. The maximum atomic E-state index is 13.2. The SMILES string of the molecule is CCCc1sc(NC(=O)CCC(=O)c2ccc(F)cc2)nc1-c1ccc(F)cc1. The number of aromatic nitrogens is 1.